The van der Waals surface area contributed by atoms with E-state index in [0.717, 1.165) is 5.56 Å². The van der Waals surface area contributed by atoms with Crippen LogP contribution >= 0.6 is 0 Å². The van der Waals surface area contributed by atoms with Gasteiger partial charge in [-0.15, -0.1) is 0 Å². The van der Waals surface area contributed by atoms with Crippen molar-refractivity contribution < 1.29 is 9.47 Å². The van der Waals surface area contributed by atoms with Crippen LogP contribution in [-0.2, 0) is 10.2 Å². The summed E-state index contributed by atoms with van der Waals surface area (Å²) < 4.78 is 10.9. The number of aromatic nitrogens is 2. The fourth-order valence-electron chi connectivity index (χ4n) is 1.45. The van der Waals surface area contributed by atoms with Crippen LogP contribution in [0.5, 0.6) is 5.88 Å². The van der Waals surface area contributed by atoms with Gasteiger partial charge in [0.2, 0.25) is 5.88 Å². The standard InChI is InChI=1S/C13H24N4O2/c1-6-18-7-8-19-11-9(2)10(17-14)15-12(16-11)13(3,4)5/h6-8,14H2,1-5H3,(H,15,16,17). The highest BCUT2D eigenvalue weighted by Crippen LogP contribution is 2.27. The summed E-state index contributed by atoms with van der Waals surface area (Å²) in [4.78, 5) is 8.87. The number of nitrogen functional groups attached to an aromatic ring is 1. The molecule has 0 atom stereocenters. The number of hydrogen-bond acceptors (Lipinski definition) is 6. The minimum atomic E-state index is -0.169. The van der Waals surface area contributed by atoms with Gasteiger partial charge in [0.15, 0.2) is 5.82 Å². The van der Waals surface area contributed by atoms with Crippen LogP contribution in [0.4, 0.5) is 5.82 Å². The average Bonchev–Trinajstić information content (AvgIpc) is 2.35. The minimum Gasteiger partial charge on any atom is -0.475 e. The van der Waals surface area contributed by atoms with Crippen LogP contribution in [0.25, 0.3) is 0 Å². The van der Waals surface area contributed by atoms with Gasteiger partial charge in [0.25, 0.3) is 0 Å². The van der Waals surface area contributed by atoms with Crippen LogP contribution in [0.15, 0.2) is 0 Å². The predicted octanol–water partition coefficient (Wildman–Crippen LogP) is 1.78. The molecular formula is C13H24N4O2. The first-order valence-corrected chi connectivity index (χ1v) is 6.46. The molecule has 19 heavy (non-hydrogen) atoms. The van der Waals surface area contributed by atoms with Gasteiger partial charge in [0.05, 0.1) is 12.2 Å². The molecule has 0 saturated carbocycles. The van der Waals surface area contributed by atoms with Crippen LogP contribution in [0, 0.1) is 6.92 Å². The number of hydrogen-bond donors (Lipinski definition) is 2. The number of nitrogens with zero attached hydrogens (tertiary/aromatic N) is 2. The van der Waals surface area contributed by atoms with E-state index in [1.807, 2.05) is 34.6 Å². The summed E-state index contributed by atoms with van der Waals surface area (Å²) >= 11 is 0. The first kappa shape index (κ1) is 15.7. The van der Waals surface area contributed by atoms with E-state index in [9.17, 15) is 0 Å². The fraction of sp³-hybridized carbons (Fsp3) is 0.692. The molecule has 0 unspecified atom stereocenters. The summed E-state index contributed by atoms with van der Waals surface area (Å²) in [6.07, 6.45) is 0. The van der Waals surface area contributed by atoms with Crippen LogP contribution < -0.4 is 16.0 Å². The molecule has 0 aliphatic carbocycles. The molecular weight excluding hydrogens is 244 g/mol. The van der Waals surface area contributed by atoms with Gasteiger partial charge in [-0.25, -0.2) is 10.8 Å². The lowest BCUT2D eigenvalue weighted by Gasteiger charge is -2.20. The number of nitrogens with two attached hydrogens (primary N) is 1. The van der Waals surface area contributed by atoms with Crippen LogP contribution in [0.1, 0.15) is 39.1 Å². The van der Waals surface area contributed by atoms with Crippen molar-refractivity contribution in [1.82, 2.24) is 9.97 Å². The Morgan fingerprint density at radius 3 is 2.42 bits per heavy atom. The Bertz CT molecular complexity index is 416. The first-order valence-electron chi connectivity index (χ1n) is 6.46. The summed E-state index contributed by atoms with van der Waals surface area (Å²) in [7, 11) is 0. The highest BCUT2D eigenvalue weighted by molar-refractivity contribution is 5.48. The zero-order valence-corrected chi connectivity index (χ0v) is 12.4. The topological polar surface area (TPSA) is 82.3 Å². The Balaban J connectivity index is 2.95. The third-order valence-corrected chi connectivity index (χ3v) is 2.58. The van der Waals surface area contributed by atoms with Gasteiger partial charge in [-0.3, -0.25) is 0 Å². The Morgan fingerprint density at radius 2 is 1.89 bits per heavy atom. The maximum atomic E-state index is 5.65. The van der Waals surface area contributed by atoms with Gasteiger partial charge in [-0.2, -0.15) is 4.98 Å². The van der Waals surface area contributed by atoms with Crippen molar-refractivity contribution in [3.63, 3.8) is 0 Å². The van der Waals surface area contributed by atoms with E-state index in [-0.39, 0.29) is 5.41 Å². The SMILES string of the molecule is CCOCCOc1nc(C(C)(C)C)nc(NN)c1C. The van der Waals surface area contributed by atoms with Crippen molar-refractivity contribution in [2.75, 3.05) is 25.2 Å². The zero-order chi connectivity index (χ0) is 14.5. The molecule has 0 aliphatic heterocycles. The molecule has 0 bridgehead atoms. The van der Waals surface area contributed by atoms with E-state index in [1.54, 1.807) is 0 Å². The Kier molecular flexibility index (Phi) is 5.50. The lowest BCUT2D eigenvalue weighted by Crippen LogP contribution is -2.21. The van der Waals surface area contributed by atoms with Gasteiger partial charge in [-0.05, 0) is 13.8 Å². The number of hydrazine groups is 1. The second-order valence-corrected chi connectivity index (χ2v) is 5.27. The van der Waals surface area contributed by atoms with E-state index in [2.05, 4.69) is 15.4 Å². The fourth-order valence-corrected chi connectivity index (χ4v) is 1.45. The van der Waals surface area contributed by atoms with E-state index >= 15 is 0 Å². The van der Waals surface area contributed by atoms with Crippen molar-refractivity contribution >= 4 is 5.82 Å². The average molecular weight is 268 g/mol. The van der Waals surface area contributed by atoms with Gasteiger partial charge in [0.1, 0.15) is 12.4 Å². The van der Waals surface area contributed by atoms with E-state index in [0.29, 0.717) is 37.3 Å². The summed E-state index contributed by atoms with van der Waals surface area (Å²) in [5.41, 5.74) is 3.22. The molecule has 0 spiro atoms. The molecule has 0 aliphatic rings. The number of ether oxygens (including phenoxy) is 2. The molecule has 1 heterocycles. The van der Waals surface area contributed by atoms with Gasteiger partial charge < -0.3 is 14.9 Å². The highest BCUT2D eigenvalue weighted by atomic mass is 16.5. The van der Waals surface area contributed by atoms with Gasteiger partial charge >= 0.3 is 0 Å². The van der Waals surface area contributed by atoms with Crippen molar-refractivity contribution in [1.29, 1.82) is 0 Å². The highest BCUT2D eigenvalue weighted by Gasteiger charge is 2.21. The van der Waals surface area contributed by atoms with Crippen LogP contribution in [-0.4, -0.2) is 29.8 Å². The van der Waals surface area contributed by atoms with E-state index in [4.69, 9.17) is 15.3 Å². The molecule has 1 rings (SSSR count). The Labute approximate surface area is 114 Å². The summed E-state index contributed by atoms with van der Waals surface area (Å²) in [5, 5.41) is 0. The molecule has 0 radical (unpaired) electrons. The smallest absolute Gasteiger partial charge is 0.221 e. The van der Waals surface area contributed by atoms with Crippen molar-refractivity contribution in [3.8, 4) is 5.88 Å². The lowest BCUT2D eigenvalue weighted by molar-refractivity contribution is 0.108. The molecule has 1 aromatic rings. The van der Waals surface area contributed by atoms with Gasteiger partial charge in [0, 0.05) is 12.0 Å². The molecule has 3 N–H and O–H groups in total. The molecule has 6 nitrogen and oxygen atoms in total. The summed E-state index contributed by atoms with van der Waals surface area (Å²) in [6, 6.07) is 0. The molecule has 0 fully saturated rings. The molecule has 0 aromatic carbocycles. The zero-order valence-electron chi connectivity index (χ0n) is 12.4. The second kappa shape index (κ2) is 6.68. The Hall–Kier alpha value is -1.40. The molecule has 108 valence electrons. The maximum Gasteiger partial charge on any atom is 0.221 e. The molecule has 1 aromatic heterocycles. The normalized spacial score (nSPS) is 11.5. The quantitative estimate of drug-likeness (QED) is 0.465. The van der Waals surface area contributed by atoms with E-state index < -0.39 is 0 Å². The van der Waals surface area contributed by atoms with Crippen molar-refractivity contribution in [2.45, 2.75) is 40.0 Å². The monoisotopic (exact) mass is 268 g/mol. The third-order valence-electron chi connectivity index (χ3n) is 2.58. The van der Waals surface area contributed by atoms with Crippen LogP contribution in [0.2, 0.25) is 0 Å². The third kappa shape index (κ3) is 4.33. The number of nitrogens with one attached hydrogen (secondary N) is 1. The largest absolute Gasteiger partial charge is 0.475 e. The van der Waals surface area contributed by atoms with Crippen molar-refractivity contribution in [3.05, 3.63) is 11.4 Å². The molecule has 6 heteroatoms. The molecule has 0 saturated heterocycles. The molecule has 0 amide bonds. The Morgan fingerprint density at radius 1 is 1.21 bits per heavy atom. The number of anilines is 1. The minimum absolute atomic E-state index is 0.169. The van der Waals surface area contributed by atoms with Crippen molar-refractivity contribution in [2.24, 2.45) is 5.84 Å². The van der Waals surface area contributed by atoms with Gasteiger partial charge in [-0.1, -0.05) is 20.8 Å². The van der Waals surface area contributed by atoms with Crippen LogP contribution in [0.3, 0.4) is 0 Å². The lowest BCUT2D eigenvalue weighted by atomic mass is 9.95. The maximum absolute atomic E-state index is 5.65. The predicted molar refractivity (Wildman–Crippen MR) is 75.3 cm³/mol. The second-order valence-electron chi connectivity index (χ2n) is 5.27. The first-order chi connectivity index (χ1) is 8.90. The van der Waals surface area contributed by atoms with E-state index in [1.165, 1.54) is 0 Å². The summed E-state index contributed by atoms with van der Waals surface area (Å²) in [5.74, 6) is 7.32. The number of rotatable bonds is 6. The summed E-state index contributed by atoms with van der Waals surface area (Å²) in [6.45, 7) is 11.6.